The van der Waals surface area contributed by atoms with E-state index in [0.717, 1.165) is 6.07 Å². The first kappa shape index (κ1) is 16.4. The van der Waals surface area contributed by atoms with E-state index in [9.17, 15) is 18.0 Å². The van der Waals surface area contributed by atoms with Crippen molar-refractivity contribution in [2.24, 2.45) is 5.73 Å². The maximum absolute atomic E-state index is 12.5. The maximum Gasteiger partial charge on any atom is 0.418 e. The van der Waals surface area contributed by atoms with Crippen molar-refractivity contribution in [3.63, 3.8) is 0 Å². The normalized spacial score (nSPS) is 10.6. The molecule has 8 heteroatoms. The summed E-state index contributed by atoms with van der Waals surface area (Å²) >= 11 is 0. The van der Waals surface area contributed by atoms with Gasteiger partial charge in [0, 0.05) is 12.1 Å². The molecule has 0 saturated heterocycles. The third-order valence-corrected chi connectivity index (χ3v) is 2.12. The van der Waals surface area contributed by atoms with Gasteiger partial charge in [-0.2, -0.15) is 13.2 Å². The molecule has 1 aromatic rings. The summed E-state index contributed by atoms with van der Waals surface area (Å²) in [7, 11) is 0. The van der Waals surface area contributed by atoms with Gasteiger partial charge in [-0.05, 0) is 11.6 Å². The molecule has 0 unspecified atom stereocenters. The second-order valence-electron chi connectivity index (χ2n) is 3.29. The van der Waals surface area contributed by atoms with Crippen LogP contribution >= 0.6 is 12.4 Å². The van der Waals surface area contributed by atoms with Gasteiger partial charge in [0.15, 0.2) is 0 Å². The largest absolute Gasteiger partial charge is 0.449 e. The van der Waals surface area contributed by atoms with Crippen LogP contribution in [0.3, 0.4) is 0 Å². The Morgan fingerprint density at radius 1 is 1.33 bits per heavy atom. The highest BCUT2D eigenvalue weighted by Gasteiger charge is 2.33. The second-order valence-corrected chi connectivity index (χ2v) is 3.29. The first-order chi connectivity index (χ1) is 7.82. The fraction of sp³-hybridized carbons (Fsp3) is 0.300. The first-order valence-electron chi connectivity index (χ1n) is 4.69. The number of anilines is 1. The predicted molar refractivity (Wildman–Crippen MR) is 62.3 cm³/mol. The van der Waals surface area contributed by atoms with E-state index in [2.05, 4.69) is 4.74 Å². The maximum atomic E-state index is 12.5. The van der Waals surface area contributed by atoms with Crippen molar-refractivity contribution in [3.05, 3.63) is 29.3 Å². The molecule has 0 fully saturated rings. The summed E-state index contributed by atoms with van der Waals surface area (Å²) in [5, 5.41) is 0. The number of ether oxygens (including phenoxy) is 1. The van der Waals surface area contributed by atoms with Crippen LogP contribution in [0.1, 0.15) is 11.1 Å². The zero-order valence-corrected chi connectivity index (χ0v) is 9.98. The van der Waals surface area contributed by atoms with Crippen LogP contribution in [0.4, 0.5) is 23.7 Å². The van der Waals surface area contributed by atoms with Crippen LogP contribution in [0, 0.1) is 0 Å². The van der Waals surface area contributed by atoms with E-state index in [4.69, 9.17) is 11.5 Å². The minimum atomic E-state index is -4.50. The van der Waals surface area contributed by atoms with Crippen LogP contribution in [-0.4, -0.2) is 12.7 Å². The molecule has 1 rings (SSSR count). The summed E-state index contributed by atoms with van der Waals surface area (Å²) in [6, 6.07) is 3.58. The van der Waals surface area contributed by atoms with Gasteiger partial charge in [0.2, 0.25) is 0 Å². The van der Waals surface area contributed by atoms with E-state index in [0.29, 0.717) is 0 Å². The van der Waals surface area contributed by atoms with Gasteiger partial charge >= 0.3 is 12.3 Å². The van der Waals surface area contributed by atoms with Gasteiger partial charge in [0.05, 0.1) is 12.2 Å². The number of nitrogens with two attached hydrogens (primary N) is 2. The van der Waals surface area contributed by atoms with E-state index in [1.165, 1.54) is 12.1 Å². The Morgan fingerprint density at radius 2 is 1.94 bits per heavy atom. The molecule has 0 bridgehead atoms. The number of alkyl halides is 3. The molecule has 0 atom stereocenters. The SMILES string of the molecule is Cl.NC(=O)OCCc1cccc(C(F)(F)F)c1N. The summed E-state index contributed by atoms with van der Waals surface area (Å²) in [5.74, 6) is 0. The number of para-hydroxylation sites is 1. The molecule has 4 N–H and O–H groups in total. The number of carbonyl (C=O) groups excluding carboxylic acids is 1. The van der Waals surface area contributed by atoms with Crippen molar-refractivity contribution in [2.45, 2.75) is 12.6 Å². The fourth-order valence-corrected chi connectivity index (χ4v) is 1.34. The minimum absolute atomic E-state index is 0. The molecule has 0 spiro atoms. The van der Waals surface area contributed by atoms with Crippen molar-refractivity contribution in [2.75, 3.05) is 12.3 Å². The third kappa shape index (κ3) is 4.33. The topological polar surface area (TPSA) is 78.3 Å². The monoisotopic (exact) mass is 284 g/mol. The van der Waals surface area contributed by atoms with Crippen LogP contribution in [0.2, 0.25) is 0 Å². The molecule has 1 amide bonds. The minimum Gasteiger partial charge on any atom is -0.449 e. The highest BCUT2D eigenvalue weighted by atomic mass is 35.5. The molecule has 0 saturated carbocycles. The second kappa shape index (κ2) is 6.34. The number of hydrogen-bond donors (Lipinski definition) is 2. The van der Waals surface area contributed by atoms with Gasteiger partial charge in [-0.3, -0.25) is 0 Å². The van der Waals surface area contributed by atoms with Gasteiger partial charge in [0.25, 0.3) is 0 Å². The Balaban J connectivity index is 0.00000289. The lowest BCUT2D eigenvalue weighted by Gasteiger charge is -2.13. The zero-order valence-electron chi connectivity index (χ0n) is 9.16. The number of rotatable bonds is 3. The molecular weight excluding hydrogens is 273 g/mol. The Kier molecular flexibility index (Phi) is 5.77. The Hall–Kier alpha value is -1.63. The quantitative estimate of drug-likeness (QED) is 0.836. The van der Waals surface area contributed by atoms with Crippen molar-refractivity contribution < 1.29 is 22.7 Å². The average Bonchev–Trinajstić information content (AvgIpc) is 2.18. The molecule has 1 aromatic carbocycles. The highest BCUT2D eigenvalue weighted by molar-refractivity contribution is 5.85. The molecule has 0 aromatic heterocycles. The molecule has 4 nitrogen and oxygen atoms in total. The van der Waals surface area contributed by atoms with E-state index in [-0.39, 0.29) is 36.7 Å². The van der Waals surface area contributed by atoms with Crippen LogP contribution in [0.15, 0.2) is 18.2 Å². The molecule has 0 heterocycles. The number of primary amides is 1. The molecule has 102 valence electrons. The average molecular weight is 285 g/mol. The van der Waals surface area contributed by atoms with Crippen molar-refractivity contribution >= 4 is 24.2 Å². The lowest BCUT2D eigenvalue weighted by molar-refractivity contribution is -0.136. The van der Waals surface area contributed by atoms with E-state index >= 15 is 0 Å². The van der Waals surface area contributed by atoms with Gasteiger partial charge in [-0.1, -0.05) is 12.1 Å². The summed E-state index contributed by atoms with van der Waals surface area (Å²) in [4.78, 5) is 10.3. The Labute approximate surface area is 107 Å². The summed E-state index contributed by atoms with van der Waals surface area (Å²) in [5.41, 5.74) is 9.13. The van der Waals surface area contributed by atoms with Gasteiger partial charge in [-0.25, -0.2) is 4.79 Å². The molecular formula is C10H12ClF3N2O2. The standard InChI is InChI=1S/C10H11F3N2O2.ClH/c11-10(12,13)7-3-1-2-6(8(7)14)4-5-17-9(15)16;/h1-3H,4-5,14H2,(H2,15,16);1H. The molecule has 0 aliphatic heterocycles. The van der Waals surface area contributed by atoms with Crippen LogP contribution in [0.5, 0.6) is 0 Å². The lowest BCUT2D eigenvalue weighted by atomic mass is 10.0. The summed E-state index contributed by atoms with van der Waals surface area (Å²) in [6.45, 7) is -0.110. The van der Waals surface area contributed by atoms with Crippen LogP contribution in [0.25, 0.3) is 0 Å². The van der Waals surface area contributed by atoms with Gasteiger partial charge < -0.3 is 16.2 Å². The predicted octanol–water partition coefficient (Wildman–Crippen LogP) is 2.35. The highest BCUT2D eigenvalue weighted by Crippen LogP contribution is 2.34. The number of amides is 1. The number of hydrogen-bond acceptors (Lipinski definition) is 3. The molecule has 0 aliphatic carbocycles. The Bertz CT molecular complexity index is 424. The summed E-state index contributed by atoms with van der Waals surface area (Å²) < 4.78 is 41.9. The molecule has 18 heavy (non-hydrogen) atoms. The molecule has 0 aliphatic rings. The Morgan fingerprint density at radius 3 is 2.44 bits per heavy atom. The smallest absolute Gasteiger partial charge is 0.418 e. The third-order valence-electron chi connectivity index (χ3n) is 2.12. The van der Waals surface area contributed by atoms with E-state index in [1.54, 1.807) is 0 Å². The number of benzene rings is 1. The van der Waals surface area contributed by atoms with Gasteiger partial charge in [-0.15, -0.1) is 12.4 Å². The summed E-state index contributed by atoms with van der Waals surface area (Å²) in [6.07, 6.45) is -5.39. The number of halogens is 4. The van der Waals surface area contributed by atoms with Crippen molar-refractivity contribution in [1.82, 2.24) is 0 Å². The molecule has 0 radical (unpaired) electrons. The zero-order chi connectivity index (χ0) is 13.1. The van der Waals surface area contributed by atoms with Crippen LogP contribution < -0.4 is 11.5 Å². The van der Waals surface area contributed by atoms with E-state index in [1.807, 2.05) is 0 Å². The van der Waals surface area contributed by atoms with Crippen molar-refractivity contribution in [1.29, 1.82) is 0 Å². The fourth-order valence-electron chi connectivity index (χ4n) is 1.34. The number of nitrogen functional groups attached to an aromatic ring is 1. The number of carbonyl (C=O) groups is 1. The first-order valence-corrected chi connectivity index (χ1v) is 4.69. The van der Waals surface area contributed by atoms with Crippen LogP contribution in [-0.2, 0) is 17.3 Å². The van der Waals surface area contributed by atoms with Crippen molar-refractivity contribution in [3.8, 4) is 0 Å². The van der Waals surface area contributed by atoms with Gasteiger partial charge in [0.1, 0.15) is 0 Å². The lowest BCUT2D eigenvalue weighted by Crippen LogP contribution is -2.16. The van der Waals surface area contributed by atoms with E-state index < -0.39 is 17.8 Å².